The Morgan fingerprint density at radius 2 is 1.75 bits per heavy atom. The molecule has 0 spiro atoms. The molecule has 1 fully saturated rings. The molecule has 1 aliphatic heterocycles. The molecule has 1 aliphatic rings. The number of anilines is 1. The maximum atomic E-state index is 13.5. The minimum absolute atomic E-state index is 0.260. The largest absolute Gasteiger partial charge is 0.496 e. The van der Waals surface area contributed by atoms with Gasteiger partial charge in [0.2, 0.25) is 5.82 Å². The molecule has 1 saturated heterocycles. The van der Waals surface area contributed by atoms with Crippen LogP contribution in [0.15, 0.2) is 87.1 Å². The number of fused-ring (bicyclic) bond motifs is 2. The number of nitrogens with zero attached hydrogens (tertiary/aromatic N) is 4. The van der Waals surface area contributed by atoms with Crippen molar-refractivity contribution in [1.29, 1.82) is 0 Å². The molecule has 3 aromatic carbocycles. The van der Waals surface area contributed by atoms with Crippen LogP contribution in [0, 0.1) is 0 Å². The van der Waals surface area contributed by atoms with Crippen LogP contribution in [0.25, 0.3) is 33.5 Å². The molecule has 7 nitrogen and oxygen atoms in total. The summed E-state index contributed by atoms with van der Waals surface area (Å²) in [6.45, 7) is 2.19. The van der Waals surface area contributed by atoms with Gasteiger partial charge in [0.15, 0.2) is 5.76 Å². The maximum absolute atomic E-state index is 13.5. The van der Waals surface area contributed by atoms with Crippen LogP contribution in [0.2, 0.25) is 0 Å². The van der Waals surface area contributed by atoms with Crippen LogP contribution in [-0.2, 0) is 0 Å². The number of rotatable bonds is 5. The number of methoxy groups -OCH3 is 1. The number of benzene rings is 3. The van der Waals surface area contributed by atoms with Gasteiger partial charge in [0.1, 0.15) is 11.3 Å². The third-order valence-electron chi connectivity index (χ3n) is 6.65. The van der Waals surface area contributed by atoms with Gasteiger partial charge in [0, 0.05) is 18.8 Å². The number of para-hydroxylation sites is 1. The Morgan fingerprint density at radius 1 is 0.944 bits per heavy atom. The highest BCUT2D eigenvalue weighted by Gasteiger charge is 2.18. The molecule has 0 amide bonds. The van der Waals surface area contributed by atoms with Crippen LogP contribution in [0.5, 0.6) is 5.75 Å². The molecule has 6 rings (SSSR count). The van der Waals surface area contributed by atoms with Gasteiger partial charge in [-0.15, -0.1) is 0 Å². The average molecular weight is 479 g/mol. The first kappa shape index (κ1) is 22.1. The predicted octanol–water partition coefficient (Wildman–Crippen LogP) is 5.69. The zero-order valence-electron chi connectivity index (χ0n) is 20.1. The summed E-state index contributed by atoms with van der Waals surface area (Å²) < 4.78 is 12.9. The minimum atomic E-state index is -0.260. The predicted molar refractivity (Wildman–Crippen MR) is 143 cm³/mol. The first-order valence-electron chi connectivity index (χ1n) is 12.2. The van der Waals surface area contributed by atoms with E-state index in [0.717, 1.165) is 24.0 Å². The van der Waals surface area contributed by atoms with Crippen molar-refractivity contribution in [3.63, 3.8) is 0 Å². The lowest BCUT2D eigenvalue weighted by atomic mass is 10.1. The number of ether oxygens (including phenoxy) is 1. The lowest BCUT2D eigenvalue weighted by molar-refractivity contribution is 0.419. The summed E-state index contributed by atoms with van der Waals surface area (Å²) in [5.41, 5.74) is 3.09. The molecular weight excluding hydrogens is 452 g/mol. The van der Waals surface area contributed by atoms with Crippen molar-refractivity contribution in [2.45, 2.75) is 19.3 Å². The molecule has 0 unspecified atom stereocenters. The van der Waals surface area contributed by atoms with Gasteiger partial charge >= 0.3 is 0 Å². The molecule has 180 valence electrons. The SMILES string of the molecule is COc1cccc2oc(-c3nc4ccccc4c(=O)n3N=Cc3ccc(N4CCCCC4)cc3)cc12. The van der Waals surface area contributed by atoms with E-state index in [-0.39, 0.29) is 5.56 Å². The molecule has 0 aliphatic carbocycles. The Bertz CT molecular complexity index is 1630. The smallest absolute Gasteiger partial charge is 0.282 e. The van der Waals surface area contributed by atoms with Crippen molar-refractivity contribution >= 4 is 33.8 Å². The Hall–Kier alpha value is -4.39. The third-order valence-corrected chi connectivity index (χ3v) is 6.65. The zero-order chi connectivity index (χ0) is 24.5. The van der Waals surface area contributed by atoms with Crippen molar-refractivity contribution in [3.8, 4) is 17.3 Å². The Labute approximate surface area is 208 Å². The Kier molecular flexibility index (Phi) is 5.73. The second kappa shape index (κ2) is 9.34. The molecule has 36 heavy (non-hydrogen) atoms. The van der Waals surface area contributed by atoms with Crippen molar-refractivity contribution < 1.29 is 9.15 Å². The lowest BCUT2D eigenvalue weighted by Crippen LogP contribution is -2.29. The molecule has 0 saturated carbocycles. The molecule has 5 aromatic rings. The summed E-state index contributed by atoms with van der Waals surface area (Å²) in [6.07, 6.45) is 5.45. The topological polar surface area (TPSA) is 72.9 Å². The lowest BCUT2D eigenvalue weighted by Gasteiger charge is -2.28. The van der Waals surface area contributed by atoms with Crippen LogP contribution >= 0.6 is 0 Å². The van der Waals surface area contributed by atoms with Crippen LogP contribution in [0.3, 0.4) is 0 Å². The summed E-state index contributed by atoms with van der Waals surface area (Å²) in [4.78, 5) is 20.6. The van der Waals surface area contributed by atoms with Gasteiger partial charge < -0.3 is 14.1 Å². The zero-order valence-corrected chi connectivity index (χ0v) is 20.1. The van der Waals surface area contributed by atoms with Crippen LogP contribution < -0.4 is 15.2 Å². The van der Waals surface area contributed by atoms with Crippen molar-refractivity contribution in [1.82, 2.24) is 9.66 Å². The first-order valence-corrected chi connectivity index (χ1v) is 12.2. The van der Waals surface area contributed by atoms with Gasteiger partial charge in [-0.05, 0) is 67.3 Å². The molecule has 2 aromatic heterocycles. The monoisotopic (exact) mass is 478 g/mol. The van der Waals surface area contributed by atoms with E-state index >= 15 is 0 Å². The third kappa shape index (κ3) is 4.02. The first-order chi connectivity index (χ1) is 17.7. The van der Waals surface area contributed by atoms with E-state index in [4.69, 9.17) is 14.1 Å². The number of aromatic nitrogens is 2. The highest BCUT2D eigenvalue weighted by Crippen LogP contribution is 2.33. The van der Waals surface area contributed by atoms with Gasteiger partial charge in [-0.2, -0.15) is 9.78 Å². The fraction of sp³-hybridized carbons (Fsp3) is 0.207. The molecule has 7 heteroatoms. The summed E-state index contributed by atoms with van der Waals surface area (Å²) in [5.74, 6) is 1.46. The summed E-state index contributed by atoms with van der Waals surface area (Å²) in [6, 6.07) is 23.0. The summed E-state index contributed by atoms with van der Waals surface area (Å²) in [5, 5.41) is 5.87. The number of furan rings is 1. The normalized spacial score (nSPS) is 14.2. The molecule has 3 heterocycles. The molecule has 0 N–H and O–H groups in total. The van der Waals surface area contributed by atoms with Gasteiger partial charge in [-0.25, -0.2) is 4.98 Å². The number of piperidine rings is 1. The van der Waals surface area contributed by atoms with Gasteiger partial charge in [0.05, 0.1) is 29.6 Å². The van der Waals surface area contributed by atoms with E-state index in [9.17, 15) is 4.79 Å². The average Bonchev–Trinajstić information content (AvgIpc) is 3.38. The standard InChI is InChI=1S/C29H26N4O3/c1-35-25-10-7-11-26-23(25)18-27(36-26)28-31-24-9-4-3-8-22(24)29(34)33(28)30-19-20-12-14-21(15-13-20)32-16-5-2-6-17-32/h3-4,7-15,18-19H,2,5-6,16-17H2,1H3. The van der Waals surface area contributed by atoms with Crippen LogP contribution in [0.1, 0.15) is 24.8 Å². The number of hydrogen-bond donors (Lipinski definition) is 0. The van der Waals surface area contributed by atoms with Gasteiger partial charge in [0.25, 0.3) is 5.56 Å². The quantitative estimate of drug-likeness (QED) is 0.304. The fourth-order valence-electron chi connectivity index (χ4n) is 4.76. The van der Waals surface area contributed by atoms with E-state index in [2.05, 4.69) is 22.1 Å². The Morgan fingerprint density at radius 3 is 2.56 bits per heavy atom. The maximum Gasteiger partial charge on any atom is 0.282 e. The second-order valence-electron chi connectivity index (χ2n) is 8.94. The van der Waals surface area contributed by atoms with Crippen molar-refractivity contribution in [2.24, 2.45) is 5.10 Å². The second-order valence-corrected chi connectivity index (χ2v) is 8.94. The van der Waals surface area contributed by atoms with E-state index < -0.39 is 0 Å². The summed E-state index contributed by atoms with van der Waals surface area (Å²) >= 11 is 0. The molecule has 0 atom stereocenters. The Balaban J connectivity index is 1.43. The highest BCUT2D eigenvalue weighted by atomic mass is 16.5. The highest BCUT2D eigenvalue weighted by molar-refractivity contribution is 5.88. The molecule has 0 bridgehead atoms. The van der Waals surface area contributed by atoms with E-state index in [1.165, 1.54) is 29.6 Å². The number of hydrogen-bond acceptors (Lipinski definition) is 6. The molecular formula is C29H26N4O3. The van der Waals surface area contributed by atoms with Gasteiger partial charge in [-0.3, -0.25) is 4.79 Å². The van der Waals surface area contributed by atoms with E-state index in [1.807, 2.05) is 54.6 Å². The van der Waals surface area contributed by atoms with Crippen molar-refractivity contribution in [3.05, 3.63) is 88.7 Å². The van der Waals surface area contributed by atoms with Crippen LogP contribution in [-0.4, -0.2) is 36.1 Å². The summed E-state index contributed by atoms with van der Waals surface area (Å²) in [7, 11) is 1.62. The van der Waals surface area contributed by atoms with E-state index in [1.54, 1.807) is 19.4 Å². The van der Waals surface area contributed by atoms with Crippen LogP contribution in [0.4, 0.5) is 5.69 Å². The minimum Gasteiger partial charge on any atom is -0.496 e. The molecule has 0 radical (unpaired) electrons. The fourth-order valence-corrected chi connectivity index (χ4v) is 4.76. The van der Waals surface area contributed by atoms with Crippen molar-refractivity contribution in [2.75, 3.05) is 25.1 Å². The van der Waals surface area contributed by atoms with Gasteiger partial charge in [-0.1, -0.05) is 30.3 Å². The van der Waals surface area contributed by atoms with E-state index in [0.29, 0.717) is 33.8 Å².